The summed E-state index contributed by atoms with van der Waals surface area (Å²) in [5.74, 6) is -0.0262. The predicted molar refractivity (Wildman–Crippen MR) is 139 cm³/mol. The Morgan fingerprint density at radius 3 is 2.47 bits per heavy atom. The molecule has 3 aromatic rings. The van der Waals surface area contributed by atoms with Crippen molar-refractivity contribution in [1.29, 1.82) is 0 Å². The van der Waals surface area contributed by atoms with E-state index >= 15 is 0 Å². The molecule has 0 radical (unpaired) electrons. The summed E-state index contributed by atoms with van der Waals surface area (Å²) >= 11 is 0. The van der Waals surface area contributed by atoms with Gasteiger partial charge in [-0.25, -0.2) is 22.1 Å². The van der Waals surface area contributed by atoms with E-state index in [9.17, 15) is 17.6 Å². The van der Waals surface area contributed by atoms with E-state index in [1.54, 1.807) is 35.5 Å². The maximum Gasteiger partial charge on any atom is 0.252 e. The summed E-state index contributed by atoms with van der Waals surface area (Å²) < 4.78 is 39.8. The summed E-state index contributed by atoms with van der Waals surface area (Å²) in [6, 6.07) is 16.0. The standard InChI is InChI=1S/C26H30FN5O3S/c1-2-36(34,35)32-13-11-19(12-14-32)18-7-9-21(10-8-18)31-25-15-24(22(17-30-25)26(28)33)29-16-20-5-3-4-6-23(20)27/h3-10,15,17,19H,2,11-14,16H2,1H3,(H2,28,33)(H2,29,30,31). The lowest BCUT2D eigenvalue weighted by Gasteiger charge is -2.31. The molecule has 2 heterocycles. The van der Waals surface area contributed by atoms with E-state index < -0.39 is 15.9 Å². The van der Waals surface area contributed by atoms with E-state index in [4.69, 9.17) is 5.73 Å². The van der Waals surface area contributed by atoms with Crippen molar-refractivity contribution >= 4 is 33.1 Å². The van der Waals surface area contributed by atoms with E-state index in [0.717, 1.165) is 18.5 Å². The molecule has 2 aromatic carbocycles. The van der Waals surface area contributed by atoms with Crippen molar-refractivity contribution < 1.29 is 17.6 Å². The first kappa shape index (κ1) is 25.6. The zero-order chi connectivity index (χ0) is 25.7. The number of nitrogens with two attached hydrogens (primary N) is 1. The molecule has 0 aliphatic carbocycles. The molecule has 1 aromatic heterocycles. The average Bonchev–Trinajstić information content (AvgIpc) is 2.89. The van der Waals surface area contributed by atoms with Crippen LogP contribution in [0.15, 0.2) is 60.8 Å². The van der Waals surface area contributed by atoms with Crippen molar-refractivity contribution in [3.63, 3.8) is 0 Å². The molecule has 0 spiro atoms. The quantitative estimate of drug-likeness (QED) is 0.396. The molecule has 1 amide bonds. The number of primary amides is 1. The van der Waals surface area contributed by atoms with E-state index in [1.165, 1.54) is 17.8 Å². The number of rotatable bonds is 9. The van der Waals surface area contributed by atoms with Crippen LogP contribution in [-0.2, 0) is 16.6 Å². The van der Waals surface area contributed by atoms with E-state index in [0.29, 0.717) is 36.1 Å². The van der Waals surface area contributed by atoms with Gasteiger partial charge in [-0.2, -0.15) is 0 Å². The molecule has 1 fully saturated rings. The summed E-state index contributed by atoms with van der Waals surface area (Å²) in [5, 5.41) is 6.30. The molecule has 1 saturated heterocycles. The molecule has 4 rings (SSSR count). The number of aromatic nitrogens is 1. The minimum Gasteiger partial charge on any atom is -0.380 e. The number of anilines is 3. The van der Waals surface area contributed by atoms with Gasteiger partial charge in [-0.1, -0.05) is 30.3 Å². The van der Waals surface area contributed by atoms with Crippen LogP contribution in [0.3, 0.4) is 0 Å². The van der Waals surface area contributed by atoms with Gasteiger partial charge in [0.25, 0.3) is 5.91 Å². The molecule has 10 heteroatoms. The van der Waals surface area contributed by atoms with Gasteiger partial charge < -0.3 is 16.4 Å². The topological polar surface area (TPSA) is 117 Å². The van der Waals surface area contributed by atoms with Crippen molar-refractivity contribution in [2.75, 3.05) is 29.5 Å². The summed E-state index contributed by atoms with van der Waals surface area (Å²) in [4.78, 5) is 16.2. The van der Waals surface area contributed by atoms with Gasteiger partial charge in [0.05, 0.1) is 17.0 Å². The Hall–Kier alpha value is -3.50. The van der Waals surface area contributed by atoms with Crippen LogP contribution in [-0.4, -0.2) is 42.5 Å². The van der Waals surface area contributed by atoms with Gasteiger partial charge in [0.1, 0.15) is 11.6 Å². The highest BCUT2D eigenvalue weighted by molar-refractivity contribution is 7.89. The zero-order valence-electron chi connectivity index (χ0n) is 20.1. The van der Waals surface area contributed by atoms with Crippen molar-refractivity contribution in [2.45, 2.75) is 32.2 Å². The minimum absolute atomic E-state index is 0.132. The molecule has 36 heavy (non-hydrogen) atoms. The molecule has 0 bridgehead atoms. The normalized spacial score (nSPS) is 14.9. The van der Waals surface area contributed by atoms with Gasteiger partial charge in [0, 0.05) is 43.1 Å². The van der Waals surface area contributed by atoms with Crippen molar-refractivity contribution in [3.8, 4) is 0 Å². The van der Waals surface area contributed by atoms with Gasteiger partial charge in [0.15, 0.2) is 0 Å². The highest BCUT2D eigenvalue weighted by Gasteiger charge is 2.27. The number of pyridine rings is 1. The first-order chi connectivity index (χ1) is 17.3. The number of hydrogen-bond acceptors (Lipinski definition) is 6. The van der Waals surface area contributed by atoms with Crippen molar-refractivity contribution in [1.82, 2.24) is 9.29 Å². The Kier molecular flexibility index (Phi) is 7.85. The number of carbonyl (C=O) groups is 1. The average molecular weight is 512 g/mol. The van der Waals surface area contributed by atoms with Gasteiger partial charge >= 0.3 is 0 Å². The van der Waals surface area contributed by atoms with Gasteiger partial charge in [-0.05, 0) is 49.4 Å². The molecule has 8 nitrogen and oxygen atoms in total. The van der Waals surface area contributed by atoms with Crippen LogP contribution in [0.1, 0.15) is 47.2 Å². The summed E-state index contributed by atoms with van der Waals surface area (Å²) in [5.41, 5.74) is 8.60. The van der Waals surface area contributed by atoms with E-state index in [2.05, 4.69) is 15.6 Å². The fraction of sp³-hybridized carbons (Fsp3) is 0.308. The number of sulfonamides is 1. The molecule has 4 N–H and O–H groups in total. The number of nitrogens with zero attached hydrogens (tertiary/aromatic N) is 2. The predicted octanol–water partition coefficient (Wildman–Crippen LogP) is 4.20. The second-order valence-corrected chi connectivity index (χ2v) is 11.0. The third-order valence-electron chi connectivity index (χ3n) is 6.46. The number of halogens is 1. The lowest BCUT2D eigenvalue weighted by atomic mass is 9.90. The fourth-order valence-corrected chi connectivity index (χ4v) is 5.47. The maximum atomic E-state index is 14.0. The van der Waals surface area contributed by atoms with Crippen molar-refractivity contribution in [2.24, 2.45) is 5.73 Å². The van der Waals surface area contributed by atoms with E-state index in [-0.39, 0.29) is 23.7 Å². The molecule has 0 unspecified atom stereocenters. The van der Waals surface area contributed by atoms with Gasteiger partial charge in [-0.3, -0.25) is 4.79 Å². The molecular weight excluding hydrogens is 481 g/mol. The van der Waals surface area contributed by atoms with Crippen LogP contribution >= 0.6 is 0 Å². The number of benzene rings is 2. The lowest BCUT2D eigenvalue weighted by Crippen LogP contribution is -2.38. The second kappa shape index (κ2) is 11.0. The zero-order valence-corrected chi connectivity index (χ0v) is 20.9. The Morgan fingerprint density at radius 1 is 1.14 bits per heavy atom. The molecule has 0 saturated carbocycles. The fourth-order valence-electron chi connectivity index (χ4n) is 4.33. The van der Waals surface area contributed by atoms with Crippen molar-refractivity contribution in [3.05, 3.63) is 83.3 Å². The number of hydrogen-bond donors (Lipinski definition) is 3. The van der Waals surface area contributed by atoms with Gasteiger partial charge in [-0.15, -0.1) is 0 Å². The molecule has 0 atom stereocenters. The smallest absolute Gasteiger partial charge is 0.252 e. The Bertz CT molecular complexity index is 1320. The molecule has 190 valence electrons. The number of amides is 1. The van der Waals surface area contributed by atoms with Crippen LogP contribution in [0.25, 0.3) is 0 Å². The highest BCUT2D eigenvalue weighted by Crippen LogP contribution is 2.30. The lowest BCUT2D eigenvalue weighted by molar-refractivity contribution is 0.100. The Labute approximate surface area is 210 Å². The minimum atomic E-state index is -3.14. The SMILES string of the molecule is CCS(=O)(=O)N1CCC(c2ccc(Nc3cc(NCc4ccccc4F)c(C(N)=O)cn3)cc2)CC1. The number of nitrogens with one attached hydrogen (secondary N) is 2. The van der Waals surface area contributed by atoms with Crippen LogP contribution in [0.2, 0.25) is 0 Å². The van der Waals surface area contributed by atoms with Gasteiger partial charge in [0.2, 0.25) is 10.0 Å². The van der Waals surface area contributed by atoms with Crippen LogP contribution in [0.5, 0.6) is 0 Å². The molecule has 1 aliphatic heterocycles. The summed E-state index contributed by atoms with van der Waals surface area (Å²) in [6.45, 7) is 2.94. The maximum absolute atomic E-state index is 14.0. The third kappa shape index (κ3) is 6.00. The second-order valence-electron chi connectivity index (χ2n) is 8.75. The number of piperidine rings is 1. The van der Waals surface area contributed by atoms with Crippen LogP contribution < -0.4 is 16.4 Å². The largest absolute Gasteiger partial charge is 0.380 e. The molecular formula is C26H30FN5O3S. The first-order valence-corrected chi connectivity index (χ1v) is 13.5. The Morgan fingerprint density at radius 2 is 1.83 bits per heavy atom. The summed E-state index contributed by atoms with van der Waals surface area (Å²) in [7, 11) is -3.14. The third-order valence-corrected chi connectivity index (χ3v) is 8.34. The Balaban J connectivity index is 1.42. The first-order valence-electron chi connectivity index (χ1n) is 11.9. The van der Waals surface area contributed by atoms with E-state index in [1.807, 2.05) is 24.3 Å². The monoisotopic (exact) mass is 511 g/mol. The summed E-state index contributed by atoms with van der Waals surface area (Å²) in [6.07, 6.45) is 2.97. The highest BCUT2D eigenvalue weighted by atomic mass is 32.2. The number of carbonyl (C=O) groups excluding carboxylic acids is 1. The van der Waals surface area contributed by atoms with Crippen LogP contribution in [0.4, 0.5) is 21.6 Å². The molecule has 1 aliphatic rings. The van der Waals surface area contributed by atoms with Crippen LogP contribution in [0, 0.1) is 5.82 Å².